The maximum absolute atomic E-state index is 12.4. The summed E-state index contributed by atoms with van der Waals surface area (Å²) in [7, 11) is 0. The number of aliphatic hydroxyl groups is 2. The SMILES string of the molecule is CCCCCCCCC/C=C\CCCCCCCCCC(=O)NC(CO)C(O)CCCCCCCCCCCCCCCC. The van der Waals surface area contributed by atoms with Crippen LogP contribution in [0.5, 0.6) is 0 Å². The van der Waals surface area contributed by atoms with Crippen LogP contribution in [0.4, 0.5) is 0 Å². The number of aliphatic hydroxyl groups excluding tert-OH is 2. The molecule has 4 nitrogen and oxygen atoms in total. The quantitative estimate of drug-likeness (QED) is 0.0481. The molecule has 0 spiro atoms. The first kappa shape index (κ1) is 43.1. The zero-order chi connectivity index (χ0) is 32.2. The molecule has 0 aliphatic heterocycles. The maximum atomic E-state index is 12.4. The Bertz CT molecular complexity index is 593. The molecule has 2 atom stereocenters. The molecule has 0 rings (SSSR count). The van der Waals surface area contributed by atoms with Crippen LogP contribution < -0.4 is 5.32 Å². The first-order valence-electron chi connectivity index (χ1n) is 19.9. The van der Waals surface area contributed by atoms with Crippen LogP contribution in [0.2, 0.25) is 0 Å². The molecule has 0 bridgehead atoms. The zero-order valence-corrected chi connectivity index (χ0v) is 29.9. The summed E-state index contributed by atoms with van der Waals surface area (Å²) in [6.07, 6.45) is 44.1. The van der Waals surface area contributed by atoms with Gasteiger partial charge in [-0.2, -0.15) is 0 Å². The molecule has 2 unspecified atom stereocenters. The summed E-state index contributed by atoms with van der Waals surface area (Å²) in [6.45, 7) is 4.36. The van der Waals surface area contributed by atoms with Gasteiger partial charge in [-0.3, -0.25) is 4.79 Å². The van der Waals surface area contributed by atoms with Gasteiger partial charge in [-0.15, -0.1) is 0 Å². The molecule has 0 aromatic carbocycles. The third kappa shape index (κ3) is 32.5. The van der Waals surface area contributed by atoms with Gasteiger partial charge in [0.15, 0.2) is 0 Å². The molecule has 0 aliphatic carbocycles. The highest BCUT2D eigenvalue weighted by atomic mass is 16.3. The number of hydrogen-bond donors (Lipinski definition) is 3. The molecule has 0 saturated heterocycles. The lowest BCUT2D eigenvalue weighted by atomic mass is 10.0. The number of unbranched alkanes of at least 4 members (excludes halogenated alkanes) is 27. The van der Waals surface area contributed by atoms with E-state index >= 15 is 0 Å². The van der Waals surface area contributed by atoms with Crippen molar-refractivity contribution >= 4 is 5.91 Å². The minimum absolute atomic E-state index is 0.0349. The molecule has 3 N–H and O–H groups in total. The average Bonchev–Trinajstić information content (AvgIpc) is 3.03. The summed E-state index contributed by atoms with van der Waals surface area (Å²) in [5.74, 6) is -0.0349. The molecule has 0 aromatic rings. The van der Waals surface area contributed by atoms with Crippen LogP contribution in [-0.2, 0) is 4.79 Å². The van der Waals surface area contributed by atoms with Crippen molar-refractivity contribution in [1.29, 1.82) is 0 Å². The van der Waals surface area contributed by atoms with Gasteiger partial charge in [-0.25, -0.2) is 0 Å². The Balaban J connectivity index is 3.53. The van der Waals surface area contributed by atoms with Gasteiger partial charge in [0.2, 0.25) is 5.91 Å². The molecule has 0 aromatic heterocycles. The van der Waals surface area contributed by atoms with Crippen LogP contribution in [0, 0.1) is 0 Å². The van der Waals surface area contributed by atoms with Crippen molar-refractivity contribution in [3.8, 4) is 0 Å². The topological polar surface area (TPSA) is 69.6 Å². The summed E-state index contributed by atoms with van der Waals surface area (Å²) in [4.78, 5) is 12.4. The van der Waals surface area contributed by atoms with Crippen LogP contribution in [-0.4, -0.2) is 34.9 Å². The lowest BCUT2D eigenvalue weighted by Gasteiger charge is -2.22. The van der Waals surface area contributed by atoms with Crippen molar-refractivity contribution in [2.75, 3.05) is 6.61 Å². The van der Waals surface area contributed by atoms with Crippen molar-refractivity contribution < 1.29 is 15.0 Å². The smallest absolute Gasteiger partial charge is 0.220 e. The van der Waals surface area contributed by atoms with E-state index in [-0.39, 0.29) is 12.5 Å². The lowest BCUT2D eigenvalue weighted by Crippen LogP contribution is -2.45. The first-order chi connectivity index (χ1) is 21.7. The highest BCUT2D eigenvalue weighted by molar-refractivity contribution is 5.76. The van der Waals surface area contributed by atoms with Gasteiger partial charge >= 0.3 is 0 Å². The molecule has 0 fully saturated rings. The number of amides is 1. The molecule has 1 amide bonds. The van der Waals surface area contributed by atoms with E-state index in [0.29, 0.717) is 12.8 Å². The predicted octanol–water partition coefficient (Wildman–Crippen LogP) is 11.9. The molecular formula is C40H79NO3. The van der Waals surface area contributed by atoms with E-state index in [1.165, 1.54) is 167 Å². The van der Waals surface area contributed by atoms with Crippen molar-refractivity contribution in [3.05, 3.63) is 12.2 Å². The van der Waals surface area contributed by atoms with Gasteiger partial charge in [0.05, 0.1) is 18.8 Å². The highest BCUT2D eigenvalue weighted by Gasteiger charge is 2.19. The Hall–Kier alpha value is -0.870. The largest absolute Gasteiger partial charge is 0.394 e. The number of carbonyl (C=O) groups is 1. The normalized spacial score (nSPS) is 13.1. The molecule has 4 heteroatoms. The van der Waals surface area contributed by atoms with Crippen LogP contribution in [0.15, 0.2) is 12.2 Å². The van der Waals surface area contributed by atoms with E-state index in [2.05, 4.69) is 31.3 Å². The second-order valence-corrected chi connectivity index (χ2v) is 13.7. The van der Waals surface area contributed by atoms with Gasteiger partial charge in [0.1, 0.15) is 0 Å². The minimum Gasteiger partial charge on any atom is -0.394 e. The van der Waals surface area contributed by atoms with E-state index in [9.17, 15) is 15.0 Å². The Labute approximate surface area is 276 Å². The van der Waals surface area contributed by atoms with Crippen LogP contribution in [0.3, 0.4) is 0 Å². The average molecular weight is 622 g/mol. The van der Waals surface area contributed by atoms with Gasteiger partial charge in [-0.1, -0.05) is 187 Å². The molecule has 0 heterocycles. The Morgan fingerprint density at radius 1 is 0.523 bits per heavy atom. The van der Waals surface area contributed by atoms with Crippen LogP contribution >= 0.6 is 0 Å². The second kappa shape index (κ2) is 36.6. The van der Waals surface area contributed by atoms with Gasteiger partial charge in [0.25, 0.3) is 0 Å². The van der Waals surface area contributed by atoms with Crippen molar-refractivity contribution in [3.63, 3.8) is 0 Å². The fourth-order valence-electron chi connectivity index (χ4n) is 6.18. The first-order valence-corrected chi connectivity index (χ1v) is 19.9. The van der Waals surface area contributed by atoms with Gasteiger partial charge in [0, 0.05) is 6.42 Å². The van der Waals surface area contributed by atoms with E-state index < -0.39 is 12.1 Å². The Kier molecular flexibility index (Phi) is 35.9. The van der Waals surface area contributed by atoms with E-state index in [4.69, 9.17) is 0 Å². The molecule has 0 radical (unpaired) electrons. The summed E-state index contributed by atoms with van der Waals surface area (Å²) >= 11 is 0. The Morgan fingerprint density at radius 3 is 1.25 bits per heavy atom. The van der Waals surface area contributed by atoms with Crippen LogP contribution in [0.1, 0.15) is 219 Å². The Morgan fingerprint density at radius 2 is 0.864 bits per heavy atom. The summed E-state index contributed by atoms with van der Waals surface area (Å²) in [5, 5.41) is 23.1. The monoisotopic (exact) mass is 622 g/mol. The summed E-state index contributed by atoms with van der Waals surface area (Å²) < 4.78 is 0. The molecular weight excluding hydrogens is 542 g/mol. The maximum Gasteiger partial charge on any atom is 0.220 e. The number of nitrogens with one attached hydrogen (secondary N) is 1. The third-order valence-electron chi connectivity index (χ3n) is 9.28. The van der Waals surface area contributed by atoms with E-state index in [1.807, 2.05) is 0 Å². The van der Waals surface area contributed by atoms with Crippen molar-refractivity contribution in [1.82, 2.24) is 5.32 Å². The number of allylic oxidation sites excluding steroid dienone is 2. The second-order valence-electron chi connectivity index (χ2n) is 13.7. The predicted molar refractivity (Wildman–Crippen MR) is 193 cm³/mol. The minimum atomic E-state index is -0.656. The standard InChI is InChI=1S/C40H79NO3/c1-3-5-7-9-11-13-15-17-19-20-21-22-24-26-28-30-32-34-36-40(44)41-38(37-42)39(43)35-33-31-29-27-25-23-18-16-14-12-10-8-6-4-2/h19-20,38-39,42-43H,3-18,21-37H2,1-2H3,(H,41,44)/b20-19-. The number of rotatable bonds is 36. The molecule has 0 saturated carbocycles. The lowest BCUT2D eigenvalue weighted by molar-refractivity contribution is -0.123. The molecule has 0 aliphatic rings. The summed E-state index contributed by atoms with van der Waals surface area (Å²) in [5.41, 5.74) is 0. The van der Waals surface area contributed by atoms with Crippen LogP contribution in [0.25, 0.3) is 0 Å². The fourth-order valence-corrected chi connectivity index (χ4v) is 6.18. The van der Waals surface area contributed by atoms with Gasteiger partial charge < -0.3 is 15.5 Å². The highest BCUT2D eigenvalue weighted by Crippen LogP contribution is 2.15. The third-order valence-corrected chi connectivity index (χ3v) is 9.28. The zero-order valence-electron chi connectivity index (χ0n) is 29.9. The van der Waals surface area contributed by atoms with Crippen molar-refractivity contribution in [2.24, 2.45) is 0 Å². The van der Waals surface area contributed by atoms with E-state index in [1.54, 1.807) is 0 Å². The number of hydrogen-bond acceptors (Lipinski definition) is 3. The van der Waals surface area contributed by atoms with Gasteiger partial charge in [-0.05, 0) is 38.5 Å². The van der Waals surface area contributed by atoms with E-state index in [0.717, 1.165) is 25.7 Å². The fraction of sp³-hybridized carbons (Fsp3) is 0.925. The summed E-state index contributed by atoms with van der Waals surface area (Å²) in [6, 6.07) is -0.533. The molecule has 262 valence electrons. The van der Waals surface area contributed by atoms with Crippen molar-refractivity contribution in [2.45, 2.75) is 231 Å². The molecule has 44 heavy (non-hydrogen) atoms. The number of carbonyl (C=O) groups excluding carboxylic acids is 1.